The van der Waals surface area contributed by atoms with Crippen LogP contribution in [-0.4, -0.2) is 42.9 Å². The molecule has 0 radical (unpaired) electrons. The fourth-order valence-electron chi connectivity index (χ4n) is 2.35. The van der Waals surface area contributed by atoms with Gasteiger partial charge in [0.15, 0.2) is 0 Å². The van der Waals surface area contributed by atoms with Crippen molar-refractivity contribution in [1.82, 2.24) is 9.80 Å². The van der Waals surface area contributed by atoms with E-state index in [0.717, 1.165) is 22.1 Å². The van der Waals surface area contributed by atoms with E-state index in [4.69, 9.17) is 5.73 Å². The van der Waals surface area contributed by atoms with Gasteiger partial charge in [-0.25, -0.2) is 0 Å². The average molecular weight is 427 g/mol. The van der Waals surface area contributed by atoms with Crippen LogP contribution in [0, 0.1) is 0 Å². The molecule has 0 bridgehead atoms. The Bertz CT molecular complexity index is 659. The highest BCUT2D eigenvalue weighted by atomic mass is 79.9. The number of amides is 1. The van der Waals surface area contributed by atoms with Gasteiger partial charge < -0.3 is 15.5 Å². The van der Waals surface area contributed by atoms with Gasteiger partial charge in [-0.05, 0) is 49.5 Å². The first kappa shape index (κ1) is 21.6. The molecule has 2 aromatic carbocycles. The lowest BCUT2D eigenvalue weighted by Crippen LogP contribution is -2.36. The second-order valence-corrected chi connectivity index (χ2v) is 6.97. The number of likely N-dealkylation sites (N-methyl/N-ethyl adjacent to an activating group) is 1. The van der Waals surface area contributed by atoms with Crippen molar-refractivity contribution in [1.29, 1.82) is 0 Å². The van der Waals surface area contributed by atoms with Crippen molar-refractivity contribution in [3.05, 3.63) is 69.7 Å². The molecule has 2 N–H and O–H groups in total. The summed E-state index contributed by atoms with van der Waals surface area (Å²) in [6, 6.07) is 15.6. The molecule has 2 aromatic rings. The van der Waals surface area contributed by atoms with Crippen LogP contribution in [0.5, 0.6) is 0 Å². The molecule has 2 rings (SSSR count). The number of rotatable bonds is 7. The molecule has 0 fully saturated rings. The third-order valence-corrected chi connectivity index (χ3v) is 4.36. The van der Waals surface area contributed by atoms with Gasteiger partial charge in [0.05, 0.1) is 0 Å². The summed E-state index contributed by atoms with van der Waals surface area (Å²) in [5.41, 5.74) is 8.47. The van der Waals surface area contributed by atoms with Crippen LogP contribution in [0.4, 0.5) is 0 Å². The molecule has 0 aromatic heterocycles. The summed E-state index contributed by atoms with van der Waals surface area (Å²) in [7, 11) is 4.02. The zero-order valence-corrected chi connectivity index (χ0v) is 17.0. The summed E-state index contributed by atoms with van der Waals surface area (Å²) in [4.78, 5) is 16.9. The smallest absolute Gasteiger partial charge is 0.254 e. The minimum absolute atomic E-state index is 0. The van der Waals surface area contributed by atoms with Gasteiger partial charge in [0, 0.05) is 36.2 Å². The Labute approximate surface area is 164 Å². The predicted molar refractivity (Wildman–Crippen MR) is 109 cm³/mol. The second-order valence-electron chi connectivity index (χ2n) is 6.06. The molecular formula is C19H25BrClN3O. The summed E-state index contributed by atoms with van der Waals surface area (Å²) >= 11 is 3.44. The fraction of sp³-hybridized carbons (Fsp3) is 0.316. The lowest BCUT2D eigenvalue weighted by Gasteiger charge is -2.25. The van der Waals surface area contributed by atoms with Crippen molar-refractivity contribution in [2.45, 2.75) is 13.1 Å². The van der Waals surface area contributed by atoms with Gasteiger partial charge in [-0.1, -0.05) is 40.2 Å². The Morgan fingerprint density at radius 2 is 1.52 bits per heavy atom. The summed E-state index contributed by atoms with van der Waals surface area (Å²) in [6.45, 7) is 2.58. The number of hydrogen-bond donors (Lipinski definition) is 1. The number of carbonyl (C=O) groups excluding carboxylic acids is 1. The summed E-state index contributed by atoms with van der Waals surface area (Å²) in [5.74, 6) is 0.0448. The number of carbonyl (C=O) groups is 1. The Hall–Kier alpha value is -1.40. The van der Waals surface area contributed by atoms with E-state index >= 15 is 0 Å². The second kappa shape index (κ2) is 10.6. The van der Waals surface area contributed by atoms with Gasteiger partial charge in [0.25, 0.3) is 5.91 Å². The van der Waals surface area contributed by atoms with E-state index in [1.54, 1.807) is 0 Å². The molecular weight excluding hydrogens is 402 g/mol. The molecule has 0 saturated carbocycles. The molecule has 136 valence electrons. The van der Waals surface area contributed by atoms with Gasteiger partial charge in [-0.3, -0.25) is 4.79 Å². The highest BCUT2D eigenvalue weighted by Gasteiger charge is 2.16. The Balaban J connectivity index is 0.00000312. The number of hydrogen-bond acceptors (Lipinski definition) is 3. The molecule has 0 spiro atoms. The van der Waals surface area contributed by atoms with E-state index < -0.39 is 0 Å². The van der Waals surface area contributed by atoms with Gasteiger partial charge in [-0.15, -0.1) is 12.4 Å². The zero-order chi connectivity index (χ0) is 17.5. The van der Waals surface area contributed by atoms with Crippen LogP contribution in [0.25, 0.3) is 0 Å². The number of nitrogens with zero attached hydrogens (tertiary/aromatic N) is 2. The van der Waals surface area contributed by atoms with Crippen LogP contribution >= 0.6 is 28.3 Å². The molecule has 25 heavy (non-hydrogen) atoms. The third-order valence-electron chi connectivity index (χ3n) is 3.83. The van der Waals surface area contributed by atoms with Crippen molar-refractivity contribution in [3.8, 4) is 0 Å². The monoisotopic (exact) mass is 425 g/mol. The van der Waals surface area contributed by atoms with Gasteiger partial charge in [0.2, 0.25) is 0 Å². The Morgan fingerprint density at radius 1 is 0.960 bits per heavy atom. The lowest BCUT2D eigenvalue weighted by atomic mass is 10.1. The minimum Gasteiger partial charge on any atom is -0.333 e. The average Bonchev–Trinajstić information content (AvgIpc) is 2.59. The Morgan fingerprint density at radius 3 is 2.04 bits per heavy atom. The normalized spacial score (nSPS) is 10.4. The quantitative estimate of drug-likeness (QED) is 0.737. The zero-order valence-electron chi connectivity index (χ0n) is 14.6. The van der Waals surface area contributed by atoms with Crippen LogP contribution in [0.2, 0.25) is 0 Å². The van der Waals surface area contributed by atoms with E-state index in [1.165, 1.54) is 0 Å². The van der Waals surface area contributed by atoms with E-state index in [-0.39, 0.29) is 18.3 Å². The number of nitrogens with two attached hydrogens (primary N) is 1. The van der Waals surface area contributed by atoms with Crippen LogP contribution in [0.15, 0.2) is 53.0 Å². The van der Waals surface area contributed by atoms with Crippen LogP contribution in [0.1, 0.15) is 21.5 Å². The van der Waals surface area contributed by atoms with E-state index in [9.17, 15) is 4.79 Å². The fourth-order valence-corrected chi connectivity index (χ4v) is 2.61. The first-order valence-electron chi connectivity index (χ1n) is 7.97. The molecule has 0 unspecified atom stereocenters. The van der Waals surface area contributed by atoms with Crippen molar-refractivity contribution in [2.75, 3.05) is 27.2 Å². The number of benzene rings is 2. The molecule has 6 heteroatoms. The van der Waals surface area contributed by atoms with Crippen molar-refractivity contribution < 1.29 is 4.79 Å². The maximum absolute atomic E-state index is 12.9. The largest absolute Gasteiger partial charge is 0.333 e. The van der Waals surface area contributed by atoms with Crippen molar-refractivity contribution in [2.24, 2.45) is 5.73 Å². The topological polar surface area (TPSA) is 49.6 Å². The van der Waals surface area contributed by atoms with Gasteiger partial charge in [0.1, 0.15) is 0 Å². The highest BCUT2D eigenvalue weighted by Crippen LogP contribution is 2.14. The Kier molecular flexibility index (Phi) is 9.14. The van der Waals surface area contributed by atoms with E-state index in [0.29, 0.717) is 25.2 Å². The SMILES string of the molecule is CN(C)CCN(Cc1ccc(Br)cc1)C(=O)c1ccc(CN)cc1.Cl. The van der Waals surface area contributed by atoms with Crippen LogP contribution < -0.4 is 5.73 Å². The summed E-state index contributed by atoms with van der Waals surface area (Å²) in [5, 5.41) is 0. The van der Waals surface area contributed by atoms with Gasteiger partial charge >= 0.3 is 0 Å². The molecule has 0 heterocycles. The molecule has 0 aliphatic heterocycles. The molecule has 1 amide bonds. The first-order valence-corrected chi connectivity index (χ1v) is 8.76. The van der Waals surface area contributed by atoms with Crippen molar-refractivity contribution in [3.63, 3.8) is 0 Å². The number of halogens is 2. The standard InChI is InChI=1S/C19H24BrN3O.ClH/c1-22(2)11-12-23(14-16-5-9-18(20)10-6-16)19(24)17-7-3-15(13-21)4-8-17;/h3-10H,11-14,21H2,1-2H3;1H. The van der Waals surface area contributed by atoms with Crippen LogP contribution in [-0.2, 0) is 13.1 Å². The van der Waals surface area contributed by atoms with E-state index in [2.05, 4.69) is 20.8 Å². The molecule has 0 saturated heterocycles. The lowest BCUT2D eigenvalue weighted by molar-refractivity contribution is 0.0732. The third kappa shape index (κ3) is 6.78. The maximum atomic E-state index is 12.9. The molecule has 0 atom stereocenters. The first-order chi connectivity index (χ1) is 11.5. The highest BCUT2D eigenvalue weighted by molar-refractivity contribution is 9.10. The summed E-state index contributed by atoms with van der Waals surface area (Å²) < 4.78 is 1.04. The van der Waals surface area contributed by atoms with Crippen LogP contribution in [0.3, 0.4) is 0 Å². The van der Waals surface area contributed by atoms with Crippen molar-refractivity contribution >= 4 is 34.2 Å². The predicted octanol–water partition coefficient (Wildman–Crippen LogP) is 3.53. The van der Waals surface area contributed by atoms with Gasteiger partial charge in [-0.2, -0.15) is 0 Å². The van der Waals surface area contributed by atoms with E-state index in [1.807, 2.05) is 67.5 Å². The molecule has 0 aliphatic carbocycles. The maximum Gasteiger partial charge on any atom is 0.254 e. The molecule has 4 nitrogen and oxygen atoms in total. The summed E-state index contributed by atoms with van der Waals surface area (Å²) in [6.07, 6.45) is 0. The molecule has 0 aliphatic rings. The minimum atomic E-state index is 0.